The Morgan fingerprint density at radius 3 is 2.60 bits per heavy atom. The number of ether oxygens (including phenoxy) is 1. The number of amides is 1. The highest BCUT2D eigenvalue weighted by Crippen LogP contribution is 2.16. The van der Waals surface area contributed by atoms with Crippen LogP contribution in [0.1, 0.15) is 18.1 Å². The van der Waals surface area contributed by atoms with Gasteiger partial charge in [-0.05, 0) is 49.0 Å². The van der Waals surface area contributed by atoms with Crippen molar-refractivity contribution in [3.8, 4) is 11.8 Å². The van der Waals surface area contributed by atoms with Crippen LogP contribution >= 0.6 is 0 Å². The molecule has 5 nitrogen and oxygen atoms in total. The number of hydrogen-bond acceptors (Lipinski definition) is 4. The van der Waals surface area contributed by atoms with E-state index in [1.807, 2.05) is 13.0 Å². The molecule has 0 bridgehead atoms. The van der Waals surface area contributed by atoms with Crippen molar-refractivity contribution >= 4 is 11.6 Å². The average molecular weight is 341 g/mol. The van der Waals surface area contributed by atoms with Gasteiger partial charge in [0, 0.05) is 17.8 Å². The Kier molecular flexibility index (Phi) is 6.49. The van der Waals surface area contributed by atoms with E-state index in [1.165, 1.54) is 18.2 Å². The van der Waals surface area contributed by atoms with Crippen molar-refractivity contribution < 1.29 is 13.9 Å². The zero-order valence-corrected chi connectivity index (χ0v) is 14.3. The van der Waals surface area contributed by atoms with Gasteiger partial charge in [-0.25, -0.2) is 4.39 Å². The van der Waals surface area contributed by atoms with E-state index in [2.05, 4.69) is 5.32 Å². The molecule has 0 atom stereocenters. The van der Waals surface area contributed by atoms with Gasteiger partial charge >= 0.3 is 0 Å². The fourth-order valence-corrected chi connectivity index (χ4v) is 2.36. The van der Waals surface area contributed by atoms with E-state index in [0.717, 1.165) is 0 Å². The number of anilines is 1. The number of halogens is 1. The van der Waals surface area contributed by atoms with Crippen molar-refractivity contribution in [2.75, 3.05) is 25.5 Å². The Hall–Kier alpha value is -2.91. The molecule has 0 aliphatic carbocycles. The molecule has 1 amide bonds. The van der Waals surface area contributed by atoms with Gasteiger partial charge < -0.3 is 10.1 Å². The highest BCUT2D eigenvalue weighted by Gasteiger charge is 2.13. The van der Waals surface area contributed by atoms with Gasteiger partial charge in [0.05, 0.1) is 25.3 Å². The minimum atomic E-state index is -0.381. The third-order valence-corrected chi connectivity index (χ3v) is 3.76. The average Bonchev–Trinajstić information content (AvgIpc) is 2.63. The maximum absolute atomic E-state index is 13.9. The number of likely N-dealkylation sites (N-methyl/N-ethyl adjacent to an activating group) is 1. The molecule has 0 radical (unpaired) electrons. The molecule has 2 rings (SSSR count). The Balaban J connectivity index is 1.98. The second-order valence-electron chi connectivity index (χ2n) is 5.50. The van der Waals surface area contributed by atoms with E-state index >= 15 is 0 Å². The molecule has 0 aliphatic heterocycles. The second-order valence-corrected chi connectivity index (χ2v) is 5.50. The van der Waals surface area contributed by atoms with Crippen molar-refractivity contribution in [2.45, 2.75) is 13.5 Å². The van der Waals surface area contributed by atoms with E-state index in [0.29, 0.717) is 29.1 Å². The number of rotatable bonds is 7. The fourth-order valence-electron chi connectivity index (χ4n) is 2.36. The van der Waals surface area contributed by atoms with Gasteiger partial charge in [0.1, 0.15) is 11.6 Å². The quantitative estimate of drug-likeness (QED) is 0.840. The van der Waals surface area contributed by atoms with Crippen molar-refractivity contribution in [2.24, 2.45) is 0 Å². The Morgan fingerprint density at radius 2 is 2.00 bits per heavy atom. The highest BCUT2D eigenvalue weighted by atomic mass is 19.1. The van der Waals surface area contributed by atoms with Crippen LogP contribution in [0.3, 0.4) is 0 Å². The van der Waals surface area contributed by atoms with Crippen LogP contribution in [0.25, 0.3) is 0 Å². The summed E-state index contributed by atoms with van der Waals surface area (Å²) in [6.07, 6.45) is 0. The Morgan fingerprint density at radius 1 is 1.28 bits per heavy atom. The molecule has 2 aromatic carbocycles. The largest absolute Gasteiger partial charge is 0.497 e. The summed E-state index contributed by atoms with van der Waals surface area (Å²) in [6.45, 7) is 2.85. The van der Waals surface area contributed by atoms with Crippen LogP contribution in [0.5, 0.6) is 5.75 Å². The van der Waals surface area contributed by atoms with Crippen LogP contribution in [0.4, 0.5) is 10.1 Å². The first-order chi connectivity index (χ1) is 12.0. The number of carbonyl (C=O) groups is 1. The molecule has 0 saturated carbocycles. The predicted molar refractivity (Wildman–Crippen MR) is 93.7 cm³/mol. The normalized spacial score (nSPS) is 10.4. The van der Waals surface area contributed by atoms with Gasteiger partial charge in [-0.3, -0.25) is 9.69 Å². The monoisotopic (exact) mass is 341 g/mol. The van der Waals surface area contributed by atoms with Crippen molar-refractivity contribution in [3.05, 3.63) is 59.4 Å². The lowest BCUT2D eigenvalue weighted by Crippen LogP contribution is -2.33. The smallest absolute Gasteiger partial charge is 0.238 e. The van der Waals surface area contributed by atoms with Gasteiger partial charge in [-0.1, -0.05) is 6.92 Å². The zero-order valence-electron chi connectivity index (χ0n) is 14.3. The maximum atomic E-state index is 13.9. The van der Waals surface area contributed by atoms with Gasteiger partial charge in [-0.2, -0.15) is 5.26 Å². The lowest BCUT2D eigenvalue weighted by Gasteiger charge is -2.20. The van der Waals surface area contributed by atoms with E-state index in [1.54, 1.807) is 36.3 Å². The molecule has 0 aliphatic rings. The molecular weight excluding hydrogens is 321 g/mol. The molecule has 6 heteroatoms. The summed E-state index contributed by atoms with van der Waals surface area (Å²) in [7, 11) is 1.58. The van der Waals surface area contributed by atoms with Crippen molar-refractivity contribution in [1.82, 2.24) is 4.90 Å². The molecule has 2 aromatic rings. The molecular formula is C19H20FN3O2. The van der Waals surface area contributed by atoms with Gasteiger partial charge in [0.15, 0.2) is 0 Å². The van der Waals surface area contributed by atoms with Crippen LogP contribution in [0, 0.1) is 17.1 Å². The molecule has 1 N–H and O–H groups in total. The van der Waals surface area contributed by atoms with Crippen LogP contribution in [-0.2, 0) is 11.3 Å². The number of nitrogens with one attached hydrogen (secondary N) is 1. The van der Waals surface area contributed by atoms with Crippen molar-refractivity contribution in [1.29, 1.82) is 5.26 Å². The van der Waals surface area contributed by atoms with Crippen LogP contribution in [0.15, 0.2) is 42.5 Å². The highest BCUT2D eigenvalue weighted by molar-refractivity contribution is 5.92. The molecule has 0 aromatic heterocycles. The number of nitriles is 1. The summed E-state index contributed by atoms with van der Waals surface area (Å²) in [5.41, 5.74) is 1.47. The van der Waals surface area contributed by atoms with Crippen molar-refractivity contribution in [3.63, 3.8) is 0 Å². The second kappa shape index (κ2) is 8.81. The summed E-state index contributed by atoms with van der Waals surface area (Å²) in [4.78, 5) is 14.0. The van der Waals surface area contributed by atoms with E-state index < -0.39 is 0 Å². The topological polar surface area (TPSA) is 65.4 Å². The maximum Gasteiger partial charge on any atom is 0.238 e. The minimum Gasteiger partial charge on any atom is -0.497 e. The van der Waals surface area contributed by atoms with Crippen LogP contribution in [0.2, 0.25) is 0 Å². The molecule has 25 heavy (non-hydrogen) atoms. The summed E-state index contributed by atoms with van der Waals surface area (Å²) < 4.78 is 19.0. The number of hydrogen-bond donors (Lipinski definition) is 1. The van der Waals surface area contributed by atoms with Crippen LogP contribution < -0.4 is 10.1 Å². The summed E-state index contributed by atoms with van der Waals surface area (Å²) in [5, 5.41) is 11.7. The number of benzene rings is 2. The summed E-state index contributed by atoms with van der Waals surface area (Å²) in [5.74, 6) is 0.137. The zero-order chi connectivity index (χ0) is 18.2. The predicted octanol–water partition coefficient (Wildman–Crippen LogP) is 3.17. The first kappa shape index (κ1) is 18.4. The molecule has 0 spiro atoms. The number of carbonyl (C=O) groups excluding carboxylic acids is 1. The van der Waals surface area contributed by atoms with Gasteiger partial charge in [0.25, 0.3) is 0 Å². The third-order valence-electron chi connectivity index (χ3n) is 3.76. The summed E-state index contributed by atoms with van der Waals surface area (Å²) in [6, 6.07) is 13.2. The lowest BCUT2D eigenvalue weighted by molar-refractivity contribution is -0.117. The Labute approximate surface area is 146 Å². The lowest BCUT2D eigenvalue weighted by atomic mass is 10.1. The van der Waals surface area contributed by atoms with E-state index in [4.69, 9.17) is 10.00 Å². The molecule has 130 valence electrons. The van der Waals surface area contributed by atoms with E-state index in [9.17, 15) is 9.18 Å². The number of nitrogens with zero attached hydrogens (tertiary/aromatic N) is 2. The fraction of sp³-hybridized carbons (Fsp3) is 0.263. The van der Waals surface area contributed by atoms with Gasteiger partial charge in [0.2, 0.25) is 5.91 Å². The van der Waals surface area contributed by atoms with E-state index in [-0.39, 0.29) is 24.8 Å². The van der Waals surface area contributed by atoms with Gasteiger partial charge in [-0.15, -0.1) is 0 Å². The van der Waals surface area contributed by atoms with Crippen LogP contribution in [-0.4, -0.2) is 31.0 Å². The molecule has 0 heterocycles. The first-order valence-electron chi connectivity index (χ1n) is 7.90. The standard InChI is InChI=1S/C19H20FN3O2/c1-3-23(12-15-10-14(11-21)4-9-18(15)20)13-19(24)22-16-5-7-17(25-2)8-6-16/h4-10H,3,12-13H2,1-2H3,(H,22,24). The number of methoxy groups -OCH3 is 1. The Bertz CT molecular complexity index is 769. The molecule has 0 saturated heterocycles. The first-order valence-corrected chi connectivity index (χ1v) is 7.90. The molecule has 0 unspecified atom stereocenters. The minimum absolute atomic E-state index is 0.124. The summed E-state index contributed by atoms with van der Waals surface area (Å²) >= 11 is 0. The SMILES string of the molecule is CCN(CC(=O)Nc1ccc(OC)cc1)Cc1cc(C#N)ccc1F. The third kappa shape index (κ3) is 5.30. The molecule has 0 fully saturated rings.